The number of sulfonamides is 1. The predicted octanol–water partition coefficient (Wildman–Crippen LogP) is 3.88. The number of hydrogen-bond acceptors (Lipinski definition) is 8. The van der Waals surface area contributed by atoms with Crippen LogP contribution in [0, 0.1) is 10.8 Å². The SMILES string of the molecule is COOOSCS(=O)(=O)N1CCC2(CC1)OC(CC(C)(C)C)C(CC(C)(C)C)O2. The van der Waals surface area contributed by atoms with E-state index in [1.54, 1.807) is 0 Å². The summed E-state index contributed by atoms with van der Waals surface area (Å²) in [5.41, 5.74) is 0.252. The maximum absolute atomic E-state index is 12.5. The summed E-state index contributed by atoms with van der Waals surface area (Å²) in [5.74, 6) is -0.694. The highest BCUT2D eigenvalue weighted by Crippen LogP contribution is 2.44. The molecule has 0 radical (unpaired) electrons. The van der Waals surface area contributed by atoms with Gasteiger partial charge in [0.1, 0.15) is 5.08 Å². The van der Waals surface area contributed by atoms with E-state index < -0.39 is 15.8 Å². The van der Waals surface area contributed by atoms with Gasteiger partial charge >= 0.3 is 0 Å². The lowest BCUT2D eigenvalue weighted by Gasteiger charge is -2.37. The summed E-state index contributed by atoms with van der Waals surface area (Å²) in [5, 5.41) is 3.99. The van der Waals surface area contributed by atoms with Gasteiger partial charge in [-0.05, 0) is 23.7 Å². The monoisotopic (exact) mass is 455 g/mol. The fraction of sp³-hybridized carbons (Fsp3) is 1.00. The maximum Gasteiger partial charge on any atom is 0.225 e. The van der Waals surface area contributed by atoms with Gasteiger partial charge in [0, 0.05) is 25.9 Å². The third-order valence-electron chi connectivity index (χ3n) is 4.99. The van der Waals surface area contributed by atoms with Crippen molar-refractivity contribution in [2.24, 2.45) is 10.8 Å². The molecule has 0 bridgehead atoms. The van der Waals surface area contributed by atoms with E-state index >= 15 is 0 Å². The highest BCUT2D eigenvalue weighted by Gasteiger charge is 2.51. The maximum atomic E-state index is 12.5. The molecule has 0 saturated carbocycles. The summed E-state index contributed by atoms with van der Waals surface area (Å²) in [4.78, 5) is 4.27. The Balaban J connectivity index is 1.99. The van der Waals surface area contributed by atoms with Crippen molar-refractivity contribution >= 4 is 22.1 Å². The van der Waals surface area contributed by atoms with Crippen LogP contribution < -0.4 is 0 Å². The second-order valence-corrected chi connectivity index (χ2v) is 13.3. The molecule has 2 unspecified atom stereocenters. The van der Waals surface area contributed by atoms with Crippen LogP contribution in [-0.2, 0) is 33.8 Å². The summed E-state index contributed by atoms with van der Waals surface area (Å²) in [6.07, 6.45) is 2.90. The van der Waals surface area contributed by atoms with Gasteiger partial charge in [-0.25, -0.2) is 17.6 Å². The van der Waals surface area contributed by atoms with E-state index in [0.717, 1.165) is 12.8 Å². The second kappa shape index (κ2) is 9.68. The average molecular weight is 456 g/mol. The van der Waals surface area contributed by atoms with Gasteiger partial charge in [-0.15, -0.1) is 4.33 Å². The molecule has 0 N–H and O–H groups in total. The van der Waals surface area contributed by atoms with Gasteiger partial charge < -0.3 is 9.47 Å². The van der Waals surface area contributed by atoms with E-state index in [1.807, 2.05) is 0 Å². The molecule has 2 fully saturated rings. The molecule has 0 aliphatic carbocycles. The summed E-state index contributed by atoms with van der Waals surface area (Å²) in [7, 11) is -2.19. The van der Waals surface area contributed by atoms with E-state index in [9.17, 15) is 8.42 Å². The van der Waals surface area contributed by atoms with E-state index in [-0.39, 0.29) is 28.1 Å². The summed E-state index contributed by atoms with van der Waals surface area (Å²) in [6.45, 7) is 14.0. The van der Waals surface area contributed by atoms with Crippen molar-refractivity contribution < 1.29 is 32.2 Å². The minimum absolute atomic E-state index is 0.0209. The Morgan fingerprint density at radius 2 is 1.48 bits per heavy atom. The zero-order valence-corrected chi connectivity index (χ0v) is 20.4. The third-order valence-corrected chi connectivity index (χ3v) is 7.87. The van der Waals surface area contributed by atoms with Gasteiger partial charge in [-0.3, -0.25) is 0 Å². The first-order valence-electron chi connectivity index (χ1n) is 10.1. The van der Waals surface area contributed by atoms with E-state index in [2.05, 4.69) is 55.8 Å². The van der Waals surface area contributed by atoms with Gasteiger partial charge in [-0.2, -0.15) is 0 Å². The van der Waals surface area contributed by atoms with Crippen LogP contribution in [0.25, 0.3) is 0 Å². The highest BCUT2D eigenvalue weighted by atomic mass is 32.3. The number of rotatable bonds is 8. The molecule has 29 heavy (non-hydrogen) atoms. The highest BCUT2D eigenvalue weighted by molar-refractivity contribution is 8.08. The lowest BCUT2D eigenvalue weighted by molar-refractivity contribution is -0.447. The fourth-order valence-electron chi connectivity index (χ4n) is 3.83. The number of nitrogens with zero attached hydrogens (tertiary/aromatic N) is 1. The van der Waals surface area contributed by atoms with Gasteiger partial charge in [0.05, 0.1) is 31.4 Å². The van der Waals surface area contributed by atoms with Crippen molar-refractivity contribution in [1.82, 2.24) is 4.31 Å². The molecule has 2 aliphatic rings. The number of hydrogen-bond donors (Lipinski definition) is 0. The molecule has 10 heteroatoms. The van der Waals surface area contributed by atoms with Crippen LogP contribution in [0.3, 0.4) is 0 Å². The number of ether oxygens (including phenoxy) is 2. The predicted molar refractivity (Wildman–Crippen MR) is 112 cm³/mol. The minimum atomic E-state index is -3.47. The Hall–Kier alpha value is 0.0600. The van der Waals surface area contributed by atoms with Crippen molar-refractivity contribution in [3.05, 3.63) is 0 Å². The molecule has 0 aromatic carbocycles. The van der Waals surface area contributed by atoms with Gasteiger partial charge in [0.15, 0.2) is 5.79 Å². The van der Waals surface area contributed by atoms with E-state index in [1.165, 1.54) is 11.4 Å². The van der Waals surface area contributed by atoms with Crippen LogP contribution in [-0.4, -0.2) is 56.0 Å². The van der Waals surface area contributed by atoms with Crippen molar-refractivity contribution in [3.8, 4) is 0 Å². The van der Waals surface area contributed by atoms with Crippen LogP contribution in [0.15, 0.2) is 0 Å². The molecule has 172 valence electrons. The van der Waals surface area contributed by atoms with Gasteiger partial charge in [0.2, 0.25) is 10.0 Å². The Morgan fingerprint density at radius 1 is 1.00 bits per heavy atom. The molecule has 2 aliphatic heterocycles. The van der Waals surface area contributed by atoms with Crippen LogP contribution in [0.2, 0.25) is 0 Å². The molecule has 2 rings (SSSR count). The Kier molecular flexibility index (Phi) is 8.46. The summed E-state index contributed by atoms with van der Waals surface area (Å²) in [6, 6.07) is 0. The zero-order chi connectivity index (χ0) is 21.9. The largest absolute Gasteiger partial charge is 0.344 e. The second-order valence-electron chi connectivity index (χ2n) is 10.3. The van der Waals surface area contributed by atoms with Crippen LogP contribution >= 0.6 is 12.0 Å². The minimum Gasteiger partial charge on any atom is -0.344 e. The normalized spacial score (nSPS) is 26.3. The third kappa shape index (κ3) is 7.92. The molecule has 2 heterocycles. The van der Waals surface area contributed by atoms with Crippen molar-refractivity contribution in [2.75, 3.05) is 25.3 Å². The molecule has 8 nitrogen and oxygen atoms in total. The first-order valence-corrected chi connectivity index (χ1v) is 12.6. The summed E-state index contributed by atoms with van der Waals surface area (Å²) < 4.78 is 44.0. The van der Waals surface area contributed by atoms with Gasteiger partial charge in [-0.1, -0.05) is 46.6 Å². The molecule has 0 aromatic heterocycles. The Bertz CT molecular complexity index is 593. The standard InChI is InChI=1S/C19H37NO7S2/c1-17(2,3)12-15-16(13-18(4,5)6)25-19(24-15)8-10-20(11-9-19)29(21,22)14-28-27-26-23-7/h15-16H,8-14H2,1-7H3. The van der Waals surface area contributed by atoms with Crippen LogP contribution in [0.5, 0.6) is 0 Å². The fourth-order valence-corrected chi connectivity index (χ4v) is 5.90. The van der Waals surface area contributed by atoms with Crippen molar-refractivity contribution in [3.63, 3.8) is 0 Å². The van der Waals surface area contributed by atoms with Crippen molar-refractivity contribution in [1.29, 1.82) is 0 Å². The molecule has 2 saturated heterocycles. The first kappa shape index (κ1) is 25.3. The van der Waals surface area contributed by atoms with Crippen LogP contribution in [0.4, 0.5) is 0 Å². The smallest absolute Gasteiger partial charge is 0.225 e. The first-order chi connectivity index (χ1) is 13.3. The van der Waals surface area contributed by atoms with Crippen molar-refractivity contribution in [2.45, 2.75) is 85.2 Å². The van der Waals surface area contributed by atoms with E-state index in [0.29, 0.717) is 38.0 Å². The molecule has 2 atom stereocenters. The molecular weight excluding hydrogens is 418 g/mol. The average Bonchev–Trinajstić information content (AvgIpc) is 2.85. The topological polar surface area (TPSA) is 83.5 Å². The quantitative estimate of drug-likeness (QED) is 0.236. The zero-order valence-electron chi connectivity index (χ0n) is 18.7. The Labute approximate surface area is 180 Å². The van der Waals surface area contributed by atoms with E-state index in [4.69, 9.17) is 9.47 Å². The lowest BCUT2D eigenvalue weighted by Crippen LogP contribution is -2.48. The molecule has 0 aromatic rings. The number of piperidine rings is 1. The molecule has 1 spiro atoms. The molecule has 0 amide bonds. The summed E-state index contributed by atoms with van der Waals surface area (Å²) >= 11 is 0.676. The Morgan fingerprint density at radius 3 is 1.90 bits per heavy atom. The molecular formula is C19H37NO7S2. The van der Waals surface area contributed by atoms with Crippen LogP contribution in [0.1, 0.15) is 67.2 Å². The van der Waals surface area contributed by atoms with Gasteiger partial charge in [0.25, 0.3) is 0 Å². The lowest BCUT2D eigenvalue weighted by atomic mass is 9.82.